The summed E-state index contributed by atoms with van der Waals surface area (Å²) in [5.41, 5.74) is 2.01. The molecule has 2 amide bonds. The summed E-state index contributed by atoms with van der Waals surface area (Å²) in [6.07, 6.45) is 0.347. The fraction of sp³-hybridized carbons (Fsp3) is 0.333. The summed E-state index contributed by atoms with van der Waals surface area (Å²) in [4.78, 5) is 26.3. The van der Waals surface area contributed by atoms with E-state index in [1.807, 2.05) is 18.2 Å². The van der Waals surface area contributed by atoms with Crippen LogP contribution >= 0.6 is 11.8 Å². The Morgan fingerprint density at radius 2 is 1.74 bits per heavy atom. The topological polar surface area (TPSA) is 49.4 Å². The van der Waals surface area contributed by atoms with E-state index >= 15 is 0 Å². The molecule has 0 aliphatic carbocycles. The summed E-state index contributed by atoms with van der Waals surface area (Å²) in [6, 6.07) is 15.5. The van der Waals surface area contributed by atoms with Gasteiger partial charge in [0.05, 0.1) is 0 Å². The quantitative estimate of drug-likeness (QED) is 0.668. The van der Waals surface area contributed by atoms with Crippen LogP contribution in [0.5, 0.6) is 0 Å². The Morgan fingerprint density at radius 1 is 1.07 bits per heavy atom. The molecule has 4 nitrogen and oxygen atoms in total. The average Bonchev–Trinajstić information content (AvgIpc) is 2.70. The van der Waals surface area contributed by atoms with Crippen molar-refractivity contribution < 1.29 is 14.0 Å². The zero-order valence-electron chi connectivity index (χ0n) is 15.7. The Balaban J connectivity index is 1.95. The highest BCUT2D eigenvalue weighted by molar-refractivity contribution is 7.98. The zero-order valence-corrected chi connectivity index (χ0v) is 16.5. The maximum Gasteiger partial charge on any atom is 0.242 e. The van der Waals surface area contributed by atoms with Crippen LogP contribution < -0.4 is 5.32 Å². The van der Waals surface area contributed by atoms with Gasteiger partial charge in [-0.3, -0.25) is 9.59 Å². The molecule has 0 saturated heterocycles. The van der Waals surface area contributed by atoms with E-state index in [0.29, 0.717) is 12.2 Å². The summed E-state index contributed by atoms with van der Waals surface area (Å²) in [6.45, 7) is 1.98. The SMILES string of the molecule is CNC(=O)[C@H](C)N(Cc1ccc(F)cc1)C(=O)CCSCc1ccccc1. The number of halogens is 1. The smallest absolute Gasteiger partial charge is 0.242 e. The number of likely N-dealkylation sites (N-methyl/N-ethyl adjacent to an activating group) is 1. The highest BCUT2D eigenvalue weighted by Crippen LogP contribution is 2.16. The third kappa shape index (κ3) is 6.71. The first kappa shape index (κ1) is 21.0. The van der Waals surface area contributed by atoms with Crippen molar-refractivity contribution in [2.24, 2.45) is 0 Å². The van der Waals surface area contributed by atoms with Crippen molar-refractivity contribution in [3.05, 3.63) is 71.5 Å². The molecule has 144 valence electrons. The lowest BCUT2D eigenvalue weighted by molar-refractivity contribution is -0.140. The first-order valence-corrected chi connectivity index (χ1v) is 10.0. The predicted molar refractivity (Wildman–Crippen MR) is 108 cm³/mol. The third-order valence-electron chi connectivity index (χ3n) is 4.25. The summed E-state index contributed by atoms with van der Waals surface area (Å²) in [7, 11) is 1.55. The molecule has 0 aliphatic heterocycles. The van der Waals surface area contributed by atoms with Gasteiger partial charge < -0.3 is 10.2 Å². The van der Waals surface area contributed by atoms with E-state index in [4.69, 9.17) is 0 Å². The molecule has 0 aliphatic rings. The predicted octanol–water partition coefficient (Wildman–Crippen LogP) is 3.61. The van der Waals surface area contributed by atoms with Crippen LogP contribution in [0.15, 0.2) is 54.6 Å². The van der Waals surface area contributed by atoms with Gasteiger partial charge in [0.2, 0.25) is 11.8 Å². The second-order valence-electron chi connectivity index (χ2n) is 6.23. The summed E-state index contributed by atoms with van der Waals surface area (Å²) in [5.74, 6) is 0.886. The number of rotatable bonds is 9. The molecule has 27 heavy (non-hydrogen) atoms. The minimum atomic E-state index is -0.591. The van der Waals surface area contributed by atoms with Gasteiger partial charge in [-0.15, -0.1) is 0 Å². The monoisotopic (exact) mass is 388 g/mol. The van der Waals surface area contributed by atoms with Crippen molar-refractivity contribution in [3.8, 4) is 0 Å². The van der Waals surface area contributed by atoms with Gasteiger partial charge in [-0.05, 0) is 30.2 Å². The van der Waals surface area contributed by atoms with Crippen LogP contribution in [0.1, 0.15) is 24.5 Å². The molecule has 2 aromatic carbocycles. The standard InChI is InChI=1S/C21H25FN2O2S/c1-16(21(26)23-2)24(14-17-8-10-19(22)11-9-17)20(25)12-13-27-15-18-6-4-3-5-7-18/h3-11,16H,12-15H2,1-2H3,(H,23,26)/t16-/m0/s1. The molecule has 2 aromatic rings. The molecule has 0 saturated carbocycles. The largest absolute Gasteiger partial charge is 0.357 e. The molecule has 0 unspecified atom stereocenters. The molecule has 0 fully saturated rings. The summed E-state index contributed by atoms with van der Waals surface area (Å²) >= 11 is 1.69. The Morgan fingerprint density at radius 3 is 2.37 bits per heavy atom. The molecule has 1 atom stereocenters. The number of nitrogens with zero attached hydrogens (tertiary/aromatic N) is 1. The van der Waals surface area contributed by atoms with Crippen molar-refractivity contribution >= 4 is 23.6 Å². The van der Waals surface area contributed by atoms with E-state index in [1.165, 1.54) is 17.7 Å². The van der Waals surface area contributed by atoms with E-state index in [-0.39, 0.29) is 24.2 Å². The van der Waals surface area contributed by atoms with Crippen LogP contribution in [0, 0.1) is 5.82 Å². The average molecular weight is 389 g/mol. The highest BCUT2D eigenvalue weighted by atomic mass is 32.2. The Labute approximate surface area is 164 Å². The van der Waals surface area contributed by atoms with Gasteiger partial charge in [-0.1, -0.05) is 42.5 Å². The fourth-order valence-electron chi connectivity index (χ4n) is 2.65. The van der Waals surface area contributed by atoms with E-state index in [0.717, 1.165) is 11.3 Å². The van der Waals surface area contributed by atoms with Gasteiger partial charge >= 0.3 is 0 Å². The maximum absolute atomic E-state index is 13.1. The minimum absolute atomic E-state index is 0.0870. The van der Waals surface area contributed by atoms with E-state index in [9.17, 15) is 14.0 Å². The number of amides is 2. The minimum Gasteiger partial charge on any atom is -0.357 e. The number of hydrogen-bond acceptors (Lipinski definition) is 3. The number of nitrogens with one attached hydrogen (secondary N) is 1. The van der Waals surface area contributed by atoms with E-state index < -0.39 is 6.04 Å². The molecular formula is C21H25FN2O2S. The molecule has 0 aromatic heterocycles. The normalized spacial score (nSPS) is 11.7. The van der Waals surface area contributed by atoms with Crippen LogP contribution in [0.25, 0.3) is 0 Å². The van der Waals surface area contributed by atoms with Crippen molar-refractivity contribution in [3.63, 3.8) is 0 Å². The summed E-state index contributed by atoms with van der Waals surface area (Å²) < 4.78 is 13.1. The first-order chi connectivity index (χ1) is 13.0. The third-order valence-corrected chi connectivity index (χ3v) is 5.28. The van der Waals surface area contributed by atoms with Gasteiger partial charge in [0, 0.05) is 31.5 Å². The molecule has 0 heterocycles. The maximum atomic E-state index is 13.1. The Bertz CT molecular complexity index is 738. The molecular weight excluding hydrogens is 363 g/mol. The highest BCUT2D eigenvalue weighted by Gasteiger charge is 2.25. The second kappa shape index (κ2) is 10.7. The molecule has 2 rings (SSSR count). The molecule has 0 spiro atoms. The first-order valence-electron chi connectivity index (χ1n) is 8.88. The lowest BCUT2D eigenvalue weighted by Crippen LogP contribution is -2.46. The van der Waals surface area contributed by atoms with Crippen LogP contribution in [0.2, 0.25) is 0 Å². The number of carbonyl (C=O) groups excluding carboxylic acids is 2. The van der Waals surface area contributed by atoms with Crippen LogP contribution in [-0.2, 0) is 21.9 Å². The Hall–Kier alpha value is -2.34. The van der Waals surface area contributed by atoms with Gasteiger partial charge in [0.1, 0.15) is 11.9 Å². The van der Waals surface area contributed by atoms with Gasteiger partial charge in [0.25, 0.3) is 0 Å². The van der Waals surface area contributed by atoms with E-state index in [2.05, 4.69) is 17.4 Å². The zero-order chi connectivity index (χ0) is 19.6. The summed E-state index contributed by atoms with van der Waals surface area (Å²) in [5, 5.41) is 2.59. The lowest BCUT2D eigenvalue weighted by atomic mass is 10.1. The van der Waals surface area contributed by atoms with E-state index in [1.54, 1.807) is 42.8 Å². The van der Waals surface area contributed by atoms with Crippen molar-refractivity contribution in [1.29, 1.82) is 0 Å². The van der Waals surface area contributed by atoms with Gasteiger partial charge in [0.15, 0.2) is 0 Å². The number of thioether (sulfide) groups is 1. The molecule has 0 bridgehead atoms. The van der Waals surface area contributed by atoms with Crippen molar-refractivity contribution in [2.75, 3.05) is 12.8 Å². The van der Waals surface area contributed by atoms with Gasteiger partial charge in [-0.25, -0.2) is 4.39 Å². The number of carbonyl (C=O) groups is 2. The Kier molecular flexibility index (Phi) is 8.33. The molecule has 1 N–H and O–H groups in total. The van der Waals surface area contributed by atoms with Crippen molar-refractivity contribution in [1.82, 2.24) is 10.2 Å². The number of hydrogen-bond donors (Lipinski definition) is 1. The molecule has 6 heteroatoms. The van der Waals surface area contributed by atoms with Gasteiger partial charge in [-0.2, -0.15) is 11.8 Å². The van der Waals surface area contributed by atoms with Crippen LogP contribution in [-0.4, -0.2) is 35.6 Å². The molecule has 0 radical (unpaired) electrons. The number of benzene rings is 2. The fourth-order valence-corrected chi connectivity index (χ4v) is 3.54. The van der Waals surface area contributed by atoms with Crippen LogP contribution in [0.4, 0.5) is 4.39 Å². The van der Waals surface area contributed by atoms with Crippen LogP contribution in [0.3, 0.4) is 0 Å². The van der Waals surface area contributed by atoms with Crippen molar-refractivity contribution in [2.45, 2.75) is 31.7 Å². The second-order valence-corrected chi connectivity index (χ2v) is 7.33. The lowest BCUT2D eigenvalue weighted by Gasteiger charge is -2.28.